The molecule has 0 unspecified atom stereocenters. The summed E-state index contributed by atoms with van der Waals surface area (Å²) >= 11 is 6.04. The Labute approximate surface area is 109 Å². The van der Waals surface area contributed by atoms with Crippen molar-refractivity contribution in [1.82, 2.24) is 4.98 Å². The fourth-order valence-corrected chi connectivity index (χ4v) is 1.86. The van der Waals surface area contributed by atoms with Crippen molar-refractivity contribution in [2.75, 3.05) is 14.2 Å². The number of fused-ring (bicyclic) bond motifs is 1. The summed E-state index contributed by atoms with van der Waals surface area (Å²) in [4.78, 5) is 15.5. The van der Waals surface area contributed by atoms with Crippen LogP contribution in [-0.2, 0) is 16.0 Å². The van der Waals surface area contributed by atoms with E-state index in [9.17, 15) is 4.79 Å². The molecule has 0 bridgehead atoms. The van der Waals surface area contributed by atoms with E-state index in [-0.39, 0.29) is 12.4 Å². The maximum absolute atomic E-state index is 11.2. The molecule has 0 spiro atoms. The van der Waals surface area contributed by atoms with E-state index in [1.165, 1.54) is 7.11 Å². The highest BCUT2D eigenvalue weighted by Gasteiger charge is 2.10. The molecule has 1 aromatic carbocycles. The number of hydrogen-bond donors (Lipinski definition) is 0. The fourth-order valence-electron chi connectivity index (χ4n) is 1.65. The summed E-state index contributed by atoms with van der Waals surface area (Å²) in [7, 11) is 2.93. The Kier molecular flexibility index (Phi) is 3.67. The van der Waals surface area contributed by atoms with Crippen molar-refractivity contribution < 1.29 is 14.3 Å². The molecule has 1 aromatic heterocycles. The summed E-state index contributed by atoms with van der Waals surface area (Å²) < 4.78 is 9.73. The molecule has 1 heterocycles. The number of ether oxygens (including phenoxy) is 2. The highest BCUT2D eigenvalue weighted by molar-refractivity contribution is 6.30. The summed E-state index contributed by atoms with van der Waals surface area (Å²) in [5.74, 6) is 0.373. The molecule has 0 saturated carbocycles. The first-order valence-corrected chi connectivity index (χ1v) is 5.72. The number of methoxy groups -OCH3 is 2. The molecule has 2 aromatic rings. The Morgan fingerprint density at radius 3 is 2.78 bits per heavy atom. The van der Waals surface area contributed by atoms with Crippen molar-refractivity contribution in [2.45, 2.75) is 6.42 Å². The van der Waals surface area contributed by atoms with E-state index < -0.39 is 0 Å². The van der Waals surface area contributed by atoms with Gasteiger partial charge in [0.15, 0.2) is 0 Å². The van der Waals surface area contributed by atoms with Crippen molar-refractivity contribution in [3.05, 3.63) is 35.0 Å². The lowest BCUT2D eigenvalue weighted by atomic mass is 10.1. The monoisotopic (exact) mass is 265 g/mol. The smallest absolute Gasteiger partial charge is 0.310 e. The summed E-state index contributed by atoms with van der Waals surface area (Å²) in [5, 5.41) is 1.21. The minimum atomic E-state index is -0.341. The van der Waals surface area contributed by atoms with Crippen LogP contribution in [0.15, 0.2) is 24.3 Å². The first-order chi connectivity index (χ1) is 8.63. The normalized spacial score (nSPS) is 10.4. The van der Waals surface area contributed by atoms with Crippen LogP contribution in [0.5, 0.6) is 5.75 Å². The Morgan fingerprint density at radius 1 is 1.33 bits per heavy atom. The standard InChI is InChI=1S/C13H12ClNO3/c1-17-10-4-3-8-5-9(6-12(16)18-2)13(14)15-11(8)7-10/h3-5,7H,6H2,1-2H3. The van der Waals surface area contributed by atoms with Gasteiger partial charge in [0, 0.05) is 17.0 Å². The van der Waals surface area contributed by atoms with E-state index >= 15 is 0 Å². The third-order valence-corrected chi connectivity index (χ3v) is 2.94. The molecule has 4 nitrogen and oxygen atoms in total. The molecule has 18 heavy (non-hydrogen) atoms. The number of halogens is 1. The molecular formula is C13H12ClNO3. The summed E-state index contributed by atoms with van der Waals surface area (Å²) in [6, 6.07) is 7.34. The second-order valence-electron chi connectivity index (χ2n) is 3.75. The second-order valence-corrected chi connectivity index (χ2v) is 4.11. The van der Waals surface area contributed by atoms with Crippen LogP contribution in [0.2, 0.25) is 5.15 Å². The van der Waals surface area contributed by atoms with Crippen LogP contribution in [0.1, 0.15) is 5.56 Å². The average molecular weight is 266 g/mol. The molecule has 2 rings (SSSR count). The minimum Gasteiger partial charge on any atom is -0.497 e. The van der Waals surface area contributed by atoms with Gasteiger partial charge in [0.2, 0.25) is 0 Å². The average Bonchev–Trinajstić information content (AvgIpc) is 2.38. The number of benzene rings is 1. The number of aromatic nitrogens is 1. The van der Waals surface area contributed by atoms with Crippen molar-refractivity contribution in [3.8, 4) is 5.75 Å². The fraction of sp³-hybridized carbons (Fsp3) is 0.231. The van der Waals surface area contributed by atoms with Crippen LogP contribution in [0.3, 0.4) is 0 Å². The Bertz CT molecular complexity index is 598. The number of carbonyl (C=O) groups excluding carboxylic acids is 1. The zero-order valence-electron chi connectivity index (χ0n) is 10.1. The molecule has 0 aliphatic carbocycles. The second kappa shape index (κ2) is 5.23. The van der Waals surface area contributed by atoms with Gasteiger partial charge < -0.3 is 9.47 Å². The molecule has 0 aliphatic rings. The number of pyridine rings is 1. The zero-order valence-corrected chi connectivity index (χ0v) is 10.8. The zero-order chi connectivity index (χ0) is 13.1. The summed E-state index contributed by atoms with van der Waals surface area (Å²) in [5.41, 5.74) is 1.38. The molecule has 94 valence electrons. The van der Waals surface area contributed by atoms with Crippen LogP contribution in [0.25, 0.3) is 10.9 Å². The van der Waals surface area contributed by atoms with Crippen molar-refractivity contribution in [3.63, 3.8) is 0 Å². The highest BCUT2D eigenvalue weighted by Crippen LogP contribution is 2.24. The van der Waals surface area contributed by atoms with Gasteiger partial charge in [-0.1, -0.05) is 11.6 Å². The Morgan fingerprint density at radius 2 is 2.11 bits per heavy atom. The van der Waals surface area contributed by atoms with Gasteiger partial charge in [0.1, 0.15) is 10.9 Å². The molecule has 0 atom stereocenters. The van der Waals surface area contributed by atoms with Crippen LogP contribution >= 0.6 is 11.6 Å². The van der Waals surface area contributed by atoms with Gasteiger partial charge in [-0.05, 0) is 18.2 Å². The number of rotatable bonds is 3. The van der Waals surface area contributed by atoms with Crippen molar-refractivity contribution in [1.29, 1.82) is 0 Å². The molecule has 0 aliphatic heterocycles. The minimum absolute atomic E-state index is 0.115. The first-order valence-electron chi connectivity index (χ1n) is 5.34. The predicted octanol–water partition coefficient (Wildman–Crippen LogP) is 2.61. The molecular weight excluding hydrogens is 254 g/mol. The SMILES string of the molecule is COC(=O)Cc1cc2ccc(OC)cc2nc1Cl. The van der Waals surface area contributed by atoms with Crippen LogP contribution in [-0.4, -0.2) is 25.2 Å². The Hall–Kier alpha value is -1.81. The Balaban J connectivity index is 2.45. The third kappa shape index (κ3) is 2.54. The van der Waals surface area contributed by atoms with E-state index in [4.69, 9.17) is 16.3 Å². The lowest BCUT2D eigenvalue weighted by Crippen LogP contribution is -2.05. The van der Waals surface area contributed by atoms with Crippen molar-refractivity contribution >= 4 is 28.5 Å². The molecule has 0 N–H and O–H groups in total. The van der Waals surface area contributed by atoms with Crippen LogP contribution in [0.4, 0.5) is 0 Å². The molecule has 0 amide bonds. The number of esters is 1. The van der Waals surface area contributed by atoms with Gasteiger partial charge in [-0.15, -0.1) is 0 Å². The third-order valence-electron chi connectivity index (χ3n) is 2.61. The van der Waals surface area contributed by atoms with Crippen molar-refractivity contribution in [2.24, 2.45) is 0 Å². The van der Waals surface area contributed by atoms with E-state index in [2.05, 4.69) is 9.72 Å². The van der Waals surface area contributed by atoms with Crippen LogP contribution in [0, 0.1) is 0 Å². The lowest BCUT2D eigenvalue weighted by molar-refractivity contribution is -0.139. The molecule has 0 radical (unpaired) electrons. The van der Waals surface area contributed by atoms with Gasteiger partial charge in [0.25, 0.3) is 0 Å². The van der Waals surface area contributed by atoms with E-state index in [0.717, 1.165) is 10.9 Å². The van der Waals surface area contributed by atoms with Gasteiger partial charge in [-0.2, -0.15) is 0 Å². The molecule has 5 heteroatoms. The molecule has 0 fully saturated rings. The maximum atomic E-state index is 11.2. The van der Waals surface area contributed by atoms with E-state index in [1.807, 2.05) is 18.2 Å². The van der Waals surface area contributed by atoms with E-state index in [0.29, 0.717) is 16.5 Å². The number of hydrogen-bond acceptors (Lipinski definition) is 4. The maximum Gasteiger partial charge on any atom is 0.310 e. The number of nitrogens with zero attached hydrogens (tertiary/aromatic N) is 1. The largest absolute Gasteiger partial charge is 0.497 e. The highest BCUT2D eigenvalue weighted by atomic mass is 35.5. The summed E-state index contributed by atoms with van der Waals surface area (Å²) in [6.45, 7) is 0. The topological polar surface area (TPSA) is 48.4 Å². The van der Waals surface area contributed by atoms with Gasteiger partial charge in [-0.3, -0.25) is 4.79 Å². The van der Waals surface area contributed by atoms with E-state index in [1.54, 1.807) is 13.2 Å². The van der Waals surface area contributed by atoms with Crippen LogP contribution < -0.4 is 4.74 Å². The van der Waals surface area contributed by atoms with Gasteiger partial charge in [0.05, 0.1) is 26.2 Å². The summed E-state index contributed by atoms with van der Waals surface area (Å²) in [6.07, 6.45) is 0.115. The predicted molar refractivity (Wildman–Crippen MR) is 69.0 cm³/mol. The number of carbonyl (C=O) groups is 1. The molecule has 0 saturated heterocycles. The van der Waals surface area contributed by atoms with Gasteiger partial charge >= 0.3 is 5.97 Å². The lowest BCUT2D eigenvalue weighted by Gasteiger charge is -2.06. The first kappa shape index (κ1) is 12.6. The van der Waals surface area contributed by atoms with Gasteiger partial charge in [-0.25, -0.2) is 4.98 Å². The quantitative estimate of drug-likeness (QED) is 0.632.